The minimum atomic E-state index is -0.886. The van der Waals surface area contributed by atoms with Crippen LogP contribution in [0.5, 0.6) is 0 Å². The predicted molar refractivity (Wildman–Crippen MR) is 98.1 cm³/mol. The molecule has 0 radical (unpaired) electrons. The Hall–Kier alpha value is -2.54. The number of imidazole rings is 1. The fourth-order valence-corrected chi connectivity index (χ4v) is 3.51. The Morgan fingerprint density at radius 1 is 1.08 bits per heavy atom. The van der Waals surface area contributed by atoms with Gasteiger partial charge in [0.05, 0.1) is 5.52 Å². The maximum Gasteiger partial charge on any atom is 0.159 e. The van der Waals surface area contributed by atoms with E-state index in [4.69, 9.17) is 0 Å². The van der Waals surface area contributed by atoms with Gasteiger partial charge in [0.2, 0.25) is 0 Å². The average Bonchev–Trinajstić information content (AvgIpc) is 3.05. The molecule has 0 spiro atoms. The lowest BCUT2D eigenvalue weighted by Crippen LogP contribution is -2.55. The van der Waals surface area contributed by atoms with Gasteiger partial charge in [-0.25, -0.2) is 18.7 Å². The standard InChI is InChI=1S/C19H21F2N5/c1-11-9-26(10-12(2)25(11)3)19-17-16(6-7-22-19)23-18(24-17)13-4-5-14(20)15(21)8-13/h4-8,11-12H,9-10H2,1-3H3,(H,23,24)/t11-,12+. The number of anilines is 1. The molecule has 26 heavy (non-hydrogen) atoms. The van der Waals surface area contributed by atoms with Crippen LogP contribution in [0.15, 0.2) is 30.5 Å². The molecule has 0 amide bonds. The van der Waals surface area contributed by atoms with Crippen molar-refractivity contribution >= 4 is 16.9 Å². The molecule has 0 bridgehead atoms. The highest BCUT2D eigenvalue weighted by molar-refractivity contribution is 5.88. The molecule has 1 N–H and O–H groups in total. The Kier molecular flexibility index (Phi) is 4.11. The summed E-state index contributed by atoms with van der Waals surface area (Å²) >= 11 is 0. The van der Waals surface area contributed by atoms with E-state index >= 15 is 0 Å². The molecular weight excluding hydrogens is 336 g/mol. The van der Waals surface area contributed by atoms with E-state index in [9.17, 15) is 8.78 Å². The van der Waals surface area contributed by atoms with Crippen molar-refractivity contribution < 1.29 is 8.78 Å². The number of fused-ring (bicyclic) bond motifs is 1. The number of H-pyrrole nitrogens is 1. The minimum absolute atomic E-state index is 0.403. The quantitative estimate of drug-likeness (QED) is 0.763. The van der Waals surface area contributed by atoms with E-state index in [1.165, 1.54) is 6.07 Å². The maximum atomic E-state index is 13.6. The lowest BCUT2D eigenvalue weighted by atomic mass is 10.1. The Morgan fingerprint density at radius 3 is 2.50 bits per heavy atom. The molecule has 0 unspecified atom stereocenters. The molecule has 3 heterocycles. The van der Waals surface area contributed by atoms with Crippen molar-refractivity contribution in [1.29, 1.82) is 0 Å². The van der Waals surface area contributed by atoms with E-state index in [1.807, 2.05) is 6.07 Å². The maximum absolute atomic E-state index is 13.6. The largest absolute Gasteiger partial charge is 0.352 e. The van der Waals surface area contributed by atoms with Crippen molar-refractivity contribution in [1.82, 2.24) is 19.9 Å². The molecule has 136 valence electrons. The Bertz CT molecular complexity index is 942. The molecule has 1 fully saturated rings. The molecule has 5 nitrogen and oxygen atoms in total. The molecular formula is C19H21F2N5. The molecule has 3 aromatic rings. The topological polar surface area (TPSA) is 48.1 Å². The third-order valence-corrected chi connectivity index (χ3v) is 5.23. The lowest BCUT2D eigenvalue weighted by molar-refractivity contribution is 0.170. The molecule has 0 saturated carbocycles. The fraction of sp³-hybridized carbons (Fsp3) is 0.368. The number of halogens is 2. The van der Waals surface area contributed by atoms with Gasteiger partial charge in [-0.3, -0.25) is 4.90 Å². The van der Waals surface area contributed by atoms with E-state index in [1.54, 1.807) is 6.20 Å². The second-order valence-corrected chi connectivity index (χ2v) is 7.01. The molecule has 0 aliphatic carbocycles. The first-order valence-corrected chi connectivity index (χ1v) is 8.71. The molecule has 4 rings (SSSR count). The van der Waals surface area contributed by atoms with Crippen LogP contribution in [-0.4, -0.2) is 52.1 Å². The third-order valence-electron chi connectivity index (χ3n) is 5.23. The van der Waals surface area contributed by atoms with Crippen LogP contribution < -0.4 is 4.90 Å². The van der Waals surface area contributed by atoms with E-state index in [0.29, 0.717) is 23.5 Å². The van der Waals surface area contributed by atoms with Gasteiger partial charge in [-0.2, -0.15) is 0 Å². The number of benzene rings is 1. The predicted octanol–water partition coefficient (Wildman–Crippen LogP) is 3.43. The van der Waals surface area contributed by atoms with E-state index < -0.39 is 11.6 Å². The minimum Gasteiger partial charge on any atom is -0.352 e. The highest BCUT2D eigenvalue weighted by Gasteiger charge is 2.28. The van der Waals surface area contributed by atoms with Crippen LogP contribution in [0.4, 0.5) is 14.6 Å². The zero-order valence-corrected chi connectivity index (χ0v) is 15.0. The summed E-state index contributed by atoms with van der Waals surface area (Å²) in [6.45, 7) is 6.11. The number of hydrogen-bond acceptors (Lipinski definition) is 4. The van der Waals surface area contributed by atoms with Crippen LogP contribution in [0.2, 0.25) is 0 Å². The summed E-state index contributed by atoms with van der Waals surface area (Å²) in [6, 6.07) is 6.43. The van der Waals surface area contributed by atoms with Gasteiger partial charge in [0.15, 0.2) is 17.5 Å². The smallest absolute Gasteiger partial charge is 0.159 e. The number of rotatable bonds is 2. The number of piperazine rings is 1. The van der Waals surface area contributed by atoms with Crippen LogP contribution in [0, 0.1) is 11.6 Å². The number of likely N-dealkylation sites (N-methyl/N-ethyl adjacent to an activating group) is 1. The van der Waals surface area contributed by atoms with Gasteiger partial charge in [-0.05, 0) is 45.2 Å². The Morgan fingerprint density at radius 2 is 1.81 bits per heavy atom. The van der Waals surface area contributed by atoms with Crippen molar-refractivity contribution in [3.8, 4) is 11.4 Å². The monoisotopic (exact) mass is 357 g/mol. The van der Waals surface area contributed by atoms with Gasteiger partial charge in [-0.1, -0.05) is 0 Å². The SMILES string of the molecule is C[C@@H]1CN(c2nccc3[nH]c(-c4ccc(F)c(F)c4)nc23)C[C@H](C)N1C. The lowest BCUT2D eigenvalue weighted by Gasteiger charge is -2.42. The molecule has 2 atom stereocenters. The Labute approximate surface area is 150 Å². The van der Waals surface area contributed by atoms with E-state index in [0.717, 1.165) is 42.1 Å². The highest BCUT2D eigenvalue weighted by atomic mass is 19.2. The van der Waals surface area contributed by atoms with Crippen molar-refractivity contribution in [2.45, 2.75) is 25.9 Å². The van der Waals surface area contributed by atoms with Crippen LogP contribution in [0.1, 0.15) is 13.8 Å². The number of nitrogens with one attached hydrogen (secondary N) is 1. The van der Waals surface area contributed by atoms with Crippen LogP contribution >= 0.6 is 0 Å². The summed E-state index contributed by atoms with van der Waals surface area (Å²) in [6.07, 6.45) is 1.75. The first kappa shape index (κ1) is 16.9. The molecule has 1 aromatic carbocycles. The van der Waals surface area contributed by atoms with Crippen molar-refractivity contribution in [2.75, 3.05) is 25.0 Å². The van der Waals surface area contributed by atoms with Gasteiger partial charge in [0.1, 0.15) is 11.3 Å². The van der Waals surface area contributed by atoms with E-state index in [2.05, 4.69) is 45.6 Å². The fourth-order valence-electron chi connectivity index (χ4n) is 3.51. The van der Waals surface area contributed by atoms with Crippen LogP contribution in [0.25, 0.3) is 22.4 Å². The zero-order chi connectivity index (χ0) is 18.4. The third kappa shape index (κ3) is 2.82. The molecule has 1 saturated heterocycles. The van der Waals surface area contributed by atoms with Crippen LogP contribution in [-0.2, 0) is 0 Å². The summed E-state index contributed by atoms with van der Waals surface area (Å²) in [5.74, 6) is -0.432. The summed E-state index contributed by atoms with van der Waals surface area (Å²) in [5.41, 5.74) is 2.08. The summed E-state index contributed by atoms with van der Waals surface area (Å²) in [5, 5.41) is 0. The second kappa shape index (κ2) is 6.32. The van der Waals surface area contributed by atoms with Gasteiger partial charge in [0.25, 0.3) is 0 Å². The van der Waals surface area contributed by atoms with Crippen molar-refractivity contribution in [3.63, 3.8) is 0 Å². The number of aromatic nitrogens is 3. The normalized spacial score (nSPS) is 21.5. The van der Waals surface area contributed by atoms with Crippen molar-refractivity contribution in [3.05, 3.63) is 42.1 Å². The van der Waals surface area contributed by atoms with E-state index in [-0.39, 0.29) is 0 Å². The molecule has 7 heteroatoms. The van der Waals surface area contributed by atoms with Gasteiger partial charge in [0, 0.05) is 36.9 Å². The van der Waals surface area contributed by atoms with Crippen molar-refractivity contribution in [2.24, 2.45) is 0 Å². The molecule has 1 aliphatic rings. The average molecular weight is 357 g/mol. The number of aromatic amines is 1. The second-order valence-electron chi connectivity index (χ2n) is 7.01. The Balaban J connectivity index is 1.75. The number of hydrogen-bond donors (Lipinski definition) is 1. The zero-order valence-electron chi connectivity index (χ0n) is 15.0. The van der Waals surface area contributed by atoms with Gasteiger partial charge >= 0.3 is 0 Å². The molecule has 2 aromatic heterocycles. The van der Waals surface area contributed by atoms with Gasteiger partial charge < -0.3 is 9.88 Å². The van der Waals surface area contributed by atoms with Crippen LogP contribution in [0.3, 0.4) is 0 Å². The van der Waals surface area contributed by atoms with Gasteiger partial charge in [-0.15, -0.1) is 0 Å². The first-order chi connectivity index (χ1) is 12.4. The number of pyridine rings is 1. The highest BCUT2D eigenvalue weighted by Crippen LogP contribution is 2.29. The summed E-state index contributed by atoms with van der Waals surface area (Å²) < 4.78 is 26.8. The summed E-state index contributed by atoms with van der Waals surface area (Å²) in [4.78, 5) is 17.0. The summed E-state index contributed by atoms with van der Waals surface area (Å²) in [7, 11) is 2.14. The first-order valence-electron chi connectivity index (χ1n) is 8.71. The number of nitrogens with zero attached hydrogens (tertiary/aromatic N) is 4. The molecule has 1 aliphatic heterocycles.